The topological polar surface area (TPSA) is 72.2 Å². The number of nitrogens with zero attached hydrogens (tertiary/aromatic N) is 1. The Morgan fingerprint density at radius 3 is 2.27 bits per heavy atom. The maximum Gasteiger partial charge on any atom is 0.270 e. The Labute approximate surface area is 142 Å². The fraction of sp³-hybridized carbons (Fsp3) is 0.188. The highest BCUT2D eigenvalue weighted by atomic mass is 127. The Bertz CT molecular complexity index is 749. The fourth-order valence-electron chi connectivity index (χ4n) is 2.36. The summed E-state index contributed by atoms with van der Waals surface area (Å²) >= 11 is 2.00. The van der Waals surface area contributed by atoms with Crippen LogP contribution in [-0.4, -0.2) is 10.8 Å². The molecule has 6 heteroatoms. The molecular weight excluding hydrogens is 395 g/mol. The van der Waals surface area contributed by atoms with Crippen LogP contribution < -0.4 is 5.32 Å². The number of non-ortho nitro benzene ring substituents is 1. The van der Waals surface area contributed by atoms with Gasteiger partial charge in [0, 0.05) is 21.4 Å². The molecule has 2 aromatic carbocycles. The fourth-order valence-corrected chi connectivity index (χ4v) is 2.94. The summed E-state index contributed by atoms with van der Waals surface area (Å²) in [6, 6.07) is 8.24. The maximum absolute atomic E-state index is 12.5. The molecule has 0 radical (unpaired) electrons. The summed E-state index contributed by atoms with van der Waals surface area (Å²) in [5.41, 5.74) is 4.01. The molecule has 0 bridgehead atoms. The molecule has 0 aliphatic carbocycles. The third kappa shape index (κ3) is 3.44. The van der Waals surface area contributed by atoms with Gasteiger partial charge in [0.25, 0.3) is 11.6 Å². The summed E-state index contributed by atoms with van der Waals surface area (Å²) in [6.07, 6.45) is 0. The van der Waals surface area contributed by atoms with Gasteiger partial charge in [-0.2, -0.15) is 0 Å². The molecule has 0 atom stereocenters. The molecule has 0 aromatic heterocycles. The highest BCUT2D eigenvalue weighted by molar-refractivity contribution is 14.1. The molecule has 1 amide bonds. The zero-order valence-corrected chi connectivity index (χ0v) is 14.6. The van der Waals surface area contributed by atoms with E-state index in [-0.39, 0.29) is 11.6 Å². The molecule has 22 heavy (non-hydrogen) atoms. The Hall–Kier alpha value is -1.96. The van der Waals surface area contributed by atoms with E-state index in [1.54, 1.807) is 6.07 Å². The van der Waals surface area contributed by atoms with E-state index in [0.29, 0.717) is 9.13 Å². The summed E-state index contributed by atoms with van der Waals surface area (Å²) in [7, 11) is 0. The van der Waals surface area contributed by atoms with Crippen molar-refractivity contribution in [2.45, 2.75) is 20.8 Å². The average Bonchev–Trinajstić information content (AvgIpc) is 2.42. The Kier molecular flexibility index (Phi) is 4.80. The van der Waals surface area contributed by atoms with E-state index >= 15 is 0 Å². The summed E-state index contributed by atoms with van der Waals surface area (Å²) < 4.78 is 0.670. The molecule has 0 fully saturated rings. The lowest BCUT2D eigenvalue weighted by atomic mass is 10.0. The summed E-state index contributed by atoms with van der Waals surface area (Å²) in [4.78, 5) is 22.8. The number of halogens is 1. The van der Waals surface area contributed by atoms with Crippen molar-refractivity contribution in [1.82, 2.24) is 0 Å². The quantitative estimate of drug-likeness (QED) is 0.464. The number of nitrogens with one attached hydrogen (secondary N) is 1. The van der Waals surface area contributed by atoms with E-state index < -0.39 is 4.92 Å². The highest BCUT2D eigenvalue weighted by Gasteiger charge is 2.17. The SMILES string of the molecule is Cc1cc(C)c(NC(=O)c2cc([N+](=O)[O-])ccc2I)c(C)c1. The number of carbonyl (C=O) groups is 1. The Morgan fingerprint density at radius 2 is 1.73 bits per heavy atom. The van der Waals surface area contributed by atoms with E-state index in [0.717, 1.165) is 22.4 Å². The van der Waals surface area contributed by atoms with Gasteiger partial charge < -0.3 is 5.32 Å². The number of hydrogen-bond acceptors (Lipinski definition) is 3. The lowest BCUT2D eigenvalue weighted by molar-refractivity contribution is -0.384. The number of aryl methyl sites for hydroxylation is 3. The van der Waals surface area contributed by atoms with E-state index in [2.05, 4.69) is 5.32 Å². The van der Waals surface area contributed by atoms with Gasteiger partial charge in [-0.25, -0.2) is 0 Å². The van der Waals surface area contributed by atoms with Gasteiger partial charge in [0.05, 0.1) is 10.5 Å². The Morgan fingerprint density at radius 1 is 1.14 bits per heavy atom. The molecule has 1 N–H and O–H groups in total. The lowest BCUT2D eigenvalue weighted by Gasteiger charge is -2.13. The monoisotopic (exact) mass is 410 g/mol. The molecule has 0 saturated heterocycles. The van der Waals surface area contributed by atoms with Crippen LogP contribution in [0.4, 0.5) is 11.4 Å². The van der Waals surface area contributed by atoms with Crippen LogP contribution in [0.5, 0.6) is 0 Å². The lowest BCUT2D eigenvalue weighted by Crippen LogP contribution is -2.15. The molecule has 2 aromatic rings. The van der Waals surface area contributed by atoms with Gasteiger partial charge in [-0.15, -0.1) is 0 Å². The number of anilines is 1. The van der Waals surface area contributed by atoms with Crippen LogP contribution in [0.2, 0.25) is 0 Å². The van der Waals surface area contributed by atoms with Gasteiger partial charge in [0.15, 0.2) is 0 Å². The van der Waals surface area contributed by atoms with Crippen molar-refractivity contribution in [2.24, 2.45) is 0 Å². The largest absolute Gasteiger partial charge is 0.321 e. The first-order valence-electron chi connectivity index (χ1n) is 6.62. The van der Waals surface area contributed by atoms with Gasteiger partial charge >= 0.3 is 0 Å². The van der Waals surface area contributed by atoms with Crippen molar-refractivity contribution in [3.05, 3.63) is 66.3 Å². The number of hydrogen-bond donors (Lipinski definition) is 1. The third-order valence-electron chi connectivity index (χ3n) is 3.32. The number of benzene rings is 2. The molecule has 0 aliphatic rings. The molecule has 0 unspecified atom stereocenters. The number of nitro groups is 1. The maximum atomic E-state index is 12.5. The molecule has 0 spiro atoms. The first kappa shape index (κ1) is 16.4. The van der Waals surface area contributed by atoms with Gasteiger partial charge in [-0.05, 0) is 60.6 Å². The zero-order chi connectivity index (χ0) is 16.4. The predicted molar refractivity (Wildman–Crippen MR) is 94.4 cm³/mol. The van der Waals surface area contributed by atoms with E-state index in [4.69, 9.17) is 0 Å². The Balaban J connectivity index is 2.38. The molecule has 5 nitrogen and oxygen atoms in total. The number of amides is 1. The van der Waals surface area contributed by atoms with Crippen molar-refractivity contribution in [2.75, 3.05) is 5.32 Å². The van der Waals surface area contributed by atoms with Crippen LogP contribution in [0, 0.1) is 34.5 Å². The minimum atomic E-state index is -0.505. The van der Waals surface area contributed by atoms with E-state index in [1.165, 1.54) is 12.1 Å². The van der Waals surface area contributed by atoms with Gasteiger partial charge in [0.2, 0.25) is 0 Å². The molecule has 0 saturated carbocycles. The second-order valence-corrected chi connectivity index (χ2v) is 6.31. The van der Waals surface area contributed by atoms with Crippen molar-refractivity contribution < 1.29 is 9.72 Å². The highest BCUT2D eigenvalue weighted by Crippen LogP contribution is 2.25. The minimum absolute atomic E-state index is 0.0945. The van der Waals surface area contributed by atoms with Crippen molar-refractivity contribution in [1.29, 1.82) is 0 Å². The van der Waals surface area contributed by atoms with Crippen molar-refractivity contribution >= 4 is 39.9 Å². The normalized spacial score (nSPS) is 10.4. The predicted octanol–water partition coefficient (Wildman–Crippen LogP) is 4.38. The van der Waals surface area contributed by atoms with E-state index in [1.807, 2.05) is 55.5 Å². The summed E-state index contributed by atoms with van der Waals surface area (Å²) in [5, 5.41) is 13.7. The van der Waals surface area contributed by atoms with Gasteiger partial charge in [-0.1, -0.05) is 17.7 Å². The number of carbonyl (C=O) groups excluding carboxylic acids is 1. The zero-order valence-electron chi connectivity index (χ0n) is 12.4. The first-order chi connectivity index (χ1) is 10.3. The van der Waals surface area contributed by atoms with Crippen LogP contribution in [0.25, 0.3) is 0 Å². The molecule has 114 valence electrons. The van der Waals surface area contributed by atoms with E-state index in [9.17, 15) is 14.9 Å². The molecular formula is C16H15IN2O3. The molecule has 0 aliphatic heterocycles. The van der Waals surface area contributed by atoms with Crippen molar-refractivity contribution in [3.8, 4) is 0 Å². The summed E-state index contributed by atoms with van der Waals surface area (Å²) in [5.74, 6) is -0.344. The third-order valence-corrected chi connectivity index (χ3v) is 4.26. The number of nitro benzene ring substituents is 1. The molecule has 2 rings (SSSR count). The van der Waals surface area contributed by atoms with Crippen molar-refractivity contribution in [3.63, 3.8) is 0 Å². The smallest absolute Gasteiger partial charge is 0.270 e. The minimum Gasteiger partial charge on any atom is -0.321 e. The number of rotatable bonds is 3. The van der Waals surface area contributed by atoms with Crippen LogP contribution in [0.3, 0.4) is 0 Å². The van der Waals surface area contributed by atoms with Gasteiger partial charge in [0.1, 0.15) is 0 Å². The van der Waals surface area contributed by atoms with Crippen LogP contribution in [0.15, 0.2) is 30.3 Å². The second kappa shape index (κ2) is 6.43. The summed E-state index contributed by atoms with van der Waals surface area (Å²) in [6.45, 7) is 5.84. The van der Waals surface area contributed by atoms with Crippen LogP contribution in [0.1, 0.15) is 27.0 Å². The van der Waals surface area contributed by atoms with Crippen LogP contribution >= 0.6 is 22.6 Å². The standard InChI is InChI=1S/C16H15IN2O3/c1-9-6-10(2)15(11(3)7-9)18-16(20)13-8-12(19(21)22)4-5-14(13)17/h4-8H,1-3H3,(H,18,20). The first-order valence-corrected chi connectivity index (χ1v) is 7.70. The molecule has 0 heterocycles. The second-order valence-electron chi connectivity index (χ2n) is 5.15. The average molecular weight is 410 g/mol. The van der Waals surface area contributed by atoms with Crippen LogP contribution in [-0.2, 0) is 0 Å². The van der Waals surface area contributed by atoms with Gasteiger partial charge in [-0.3, -0.25) is 14.9 Å².